The van der Waals surface area contributed by atoms with Crippen LogP contribution in [0.25, 0.3) is 17.4 Å². The molecule has 27 heavy (non-hydrogen) atoms. The first-order valence-electron chi connectivity index (χ1n) is 8.00. The van der Waals surface area contributed by atoms with Gasteiger partial charge >= 0.3 is 0 Å². The van der Waals surface area contributed by atoms with Crippen molar-refractivity contribution in [3.05, 3.63) is 56.7 Å². The zero-order valence-corrected chi connectivity index (χ0v) is 15.4. The van der Waals surface area contributed by atoms with Crippen LogP contribution in [0.5, 0.6) is 0 Å². The summed E-state index contributed by atoms with van der Waals surface area (Å²) in [7, 11) is 1.50. The number of ether oxygens (including phenoxy) is 1. The number of benzene rings is 1. The van der Waals surface area contributed by atoms with Crippen LogP contribution in [0, 0.1) is 17.0 Å². The molecule has 0 unspecified atom stereocenters. The van der Waals surface area contributed by atoms with E-state index >= 15 is 0 Å². The summed E-state index contributed by atoms with van der Waals surface area (Å²) in [5.74, 6) is 0.431. The number of amides is 2. The monoisotopic (exact) mass is 388 g/mol. The Balaban J connectivity index is 1.86. The predicted octanol–water partition coefficient (Wildman–Crippen LogP) is 3.85. The van der Waals surface area contributed by atoms with Crippen LogP contribution < -0.4 is 0 Å². The van der Waals surface area contributed by atoms with Gasteiger partial charge in [0, 0.05) is 30.9 Å². The van der Waals surface area contributed by atoms with Gasteiger partial charge in [0.05, 0.1) is 23.0 Å². The van der Waals surface area contributed by atoms with Gasteiger partial charge in [-0.3, -0.25) is 24.6 Å². The third-order valence-corrected chi connectivity index (χ3v) is 4.90. The second-order valence-electron chi connectivity index (χ2n) is 5.78. The molecule has 0 atom stereocenters. The highest BCUT2D eigenvalue weighted by atomic mass is 32.2. The van der Waals surface area contributed by atoms with Crippen LogP contribution in [0.2, 0.25) is 0 Å². The lowest BCUT2D eigenvalue weighted by Crippen LogP contribution is -2.31. The van der Waals surface area contributed by atoms with Gasteiger partial charge < -0.3 is 9.15 Å². The molecule has 1 aromatic heterocycles. The Hall–Kier alpha value is -2.91. The average Bonchev–Trinajstić information content (AvgIpc) is 3.19. The number of methoxy groups -OCH3 is 1. The number of rotatable bonds is 6. The van der Waals surface area contributed by atoms with E-state index < -0.39 is 10.8 Å². The Labute approximate surface area is 158 Å². The van der Waals surface area contributed by atoms with E-state index in [0.29, 0.717) is 17.1 Å². The minimum absolute atomic E-state index is 0.0344. The summed E-state index contributed by atoms with van der Waals surface area (Å²) >= 11 is 0.835. The number of nitro benzene ring substituents is 1. The summed E-state index contributed by atoms with van der Waals surface area (Å²) in [6, 6.07) is 7.84. The van der Waals surface area contributed by atoms with Crippen molar-refractivity contribution in [2.75, 3.05) is 20.3 Å². The summed E-state index contributed by atoms with van der Waals surface area (Å²) in [6.45, 7) is 2.28. The van der Waals surface area contributed by atoms with Gasteiger partial charge in [0.1, 0.15) is 11.5 Å². The predicted molar refractivity (Wildman–Crippen MR) is 100 cm³/mol. The van der Waals surface area contributed by atoms with Crippen molar-refractivity contribution in [1.29, 1.82) is 0 Å². The summed E-state index contributed by atoms with van der Waals surface area (Å²) in [5, 5.41) is 10.6. The molecule has 9 heteroatoms. The topological polar surface area (TPSA) is 103 Å². The van der Waals surface area contributed by atoms with Crippen molar-refractivity contribution in [1.82, 2.24) is 4.90 Å². The van der Waals surface area contributed by atoms with Crippen molar-refractivity contribution in [3.63, 3.8) is 0 Å². The van der Waals surface area contributed by atoms with Crippen molar-refractivity contribution in [3.8, 4) is 11.3 Å². The molecule has 1 aromatic carbocycles. The highest BCUT2D eigenvalue weighted by molar-refractivity contribution is 8.18. The number of nitro groups is 1. The van der Waals surface area contributed by atoms with E-state index in [9.17, 15) is 19.7 Å². The number of furan rings is 1. The lowest BCUT2D eigenvalue weighted by atomic mass is 10.1. The molecule has 0 saturated carbocycles. The van der Waals surface area contributed by atoms with Gasteiger partial charge in [-0.1, -0.05) is 6.07 Å². The van der Waals surface area contributed by atoms with Crippen molar-refractivity contribution >= 4 is 34.7 Å². The fourth-order valence-electron chi connectivity index (χ4n) is 2.57. The zero-order valence-electron chi connectivity index (χ0n) is 14.6. The second-order valence-corrected chi connectivity index (χ2v) is 6.78. The Morgan fingerprint density at radius 1 is 1.30 bits per heavy atom. The number of hydrogen-bond donors (Lipinski definition) is 0. The number of thioether (sulfide) groups is 1. The molecule has 140 valence electrons. The first kappa shape index (κ1) is 18.9. The minimum atomic E-state index is -0.469. The van der Waals surface area contributed by atoms with E-state index in [4.69, 9.17) is 9.15 Å². The number of hydrogen-bond acceptors (Lipinski definition) is 7. The smallest absolute Gasteiger partial charge is 0.293 e. The number of imide groups is 1. The Kier molecular flexibility index (Phi) is 5.43. The average molecular weight is 388 g/mol. The van der Waals surface area contributed by atoms with E-state index in [1.807, 2.05) is 6.92 Å². The molecule has 0 spiro atoms. The standard InChI is InChI=1S/C18H16N2O6S/c1-11-3-4-12(20(23)24)9-14(11)15-6-5-13(26-15)10-16-17(21)19(7-8-25-2)18(22)27-16/h3-6,9-10H,7-8H2,1-2H3/b16-10+. The maximum atomic E-state index is 12.3. The molecule has 0 radical (unpaired) electrons. The molecular weight excluding hydrogens is 372 g/mol. The van der Waals surface area contributed by atoms with Crippen LogP contribution in [0.3, 0.4) is 0 Å². The zero-order chi connectivity index (χ0) is 19.6. The SMILES string of the molecule is COCCN1C(=O)S/C(=C/c2ccc(-c3cc([N+](=O)[O-])ccc3C)o2)C1=O. The number of carbonyl (C=O) groups is 2. The lowest BCUT2D eigenvalue weighted by Gasteiger charge is -2.10. The Morgan fingerprint density at radius 2 is 2.07 bits per heavy atom. The third-order valence-electron chi connectivity index (χ3n) is 3.99. The summed E-state index contributed by atoms with van der Waals surface area (Å²) in [6.07, 6.45) is 1.49. The second kappa shape index (κ2) is 7.77. The van der Waals surface area contributed by atoms with Crippen LogP contribution in [0.15, 0.2) is 39.7 Å². The Bertz CT molecular complexity index is 949. The van der Waals surface area contributed by atoms with Gasteiger partial charge in [0.25, 0.3) is 16.8 Å². The van der Waals surface area contributed by atoms with Gasteiger partial charge in [0.15, 0.2) is 0 Å². The highest BCUT2D eigenvalue weighted by Gasteiger charge is 2.34. The first-order chi connectivity index (χ1) is 12.9. The van der Waals surface area contributed by atoms with Crippen molar-refractivity contribution in [2.24, 2.45) is 0 Å². The molecule has 0 bridgehead atoms. The molecule has 2 amide bonds. The third kappa shape index (κ3) is 3.93. The highest BCUT2D eigenvalue weighted by Crippen LogP contribution is 2.34. The molecule has 0 aliphatic carbocycles. The maximum Gasteiger partial charge on any atom is 0.293 e. The molecule has 1 aliphatic heterocycles. The van der Waals surface area contributed by atoms with Crippen LogP contribution in [0.1, 0.15) is 11.3 Å². The van der Waals surface area contributed by atoms with E-state index in [0.717, 1.165) is 22.2 Å². The van der Waals surface area contributed by atoms with Crippen LogP contribution >= 0.6 is 11.8 Å². The maximum absolute atomic E-state index is 12.3. The fourth-order valence-corrected chi connectivity index (χ4v) is 3.41. The molecule has 0 N–H and O–H groups in total. The Morgan fingerprint density at radius 3 is 2.78 bits per heavy atom. The molecule has 1 fully saturated rings. The number of aryl methyl sites for hydroxylation is 1. The van der Waals surface area contributed by atoms with Crippen LogP contribution in [0.4, 0.5) is 10.5 Å². The largest absolute Gasteiger partial charge is 0.457 e. The summed E-state index contributed by atoms with van der Waals surface area (Å²) < 4.78 is 10.6. The minimum Gasteiger partial charge on any atom is -0.457 e. The molecular formula is C18H16N2O6S. The van der Waals surface area contributed by atoms with Gasteiger partial charge in [-0.05, 0) is 36.4 Å². The van der Waals surface area contributed by atoms with Crippen LogP contribution in [-0.4, -0.2) is 41.2 Å². The number of non-ortho nitro benzene ring substituents is 1. The summed E-state index contributed by atoms with van der Waals surface area (Å²) in [5.41, 5.74) is 1.38. The van der Waals surface area contributed by atoms with Gasteiger partial charge in [0.2, 0.25) is 0 Å². The molecule has 8 nitrogen and oxygen atoms in total. The van der Waals surface area contributed by atoms with E-state index in [-0.39, 0.29) is 29.0 Å². The first-order valence-corrected chi connectivity index (χ1v) is 8.82. The van der Waals surface area contributed by atoms with E-state index in [1.165, 1.54) is 25.3 Å². The lowest BCUT2D eigenvalue weighted by molar-refractivity contribution is -0.384. The fraction of sp³-hybridized carbons (Fsp3) is 0.222. The van der Waals surface area contributed by atoms with Gasteiger partial charge in [-0.25, -0.2) is 0 Å². The number of nitrogens with zero attached hydrogens (tertiary/aromatic N) is 2. The van der Waals surface area contributed by atoms with E-state index in [1.54, 1.807) is 18.2 Å². The van der Waals surface area contributed by atoms with Crippen molar-refractivity contribution in [2.45, 2.75) is 6.92 Å². The molecule has 1 saturated heterocycles. The number of carbonyl (C=O) groups excluding carboxylic acids is 2. The van der Waals surface area contributed by atoms with Gasteiger partial charge in [-0.2, -0.15) is 0 Å². The normalized spacial score (nSPS) is 15.8. The van der Waals surface area contributed by atoms with Gasteiger partial charge in [-0.15, -0.1) is 0 Å². The quantitative estimate of drug-likeness (QED) is 0.421. The van der Waals surface area contributed by atoms with Crippen molar-refractivity contribution < 1.29 is 23.7 Å². The summed E-state index contributed by atoms with van der Waals surface area (Å²) in [4.78, 5) is 36.2. The molecule has 3 rings (SSSR count). The molecule has 2 heterocycles. The molecule has 1 aliphatic rings. The van der Waals surface area contributed by atoms with E-state index in [2.05, 4.69) is 0 Å². The van der Waals surface area contributed by atoms with Crippen LogP contribution in [-0.2, 0) is 9.53 Å². The molecule has 2 aromatic rings.